The smallest absolute Gasteiger partial charge is 0.333 e. The van der Waals surface area contributed by atoms with E-state index >= 15 is 0 Å². The number of hydrogen-bond acceptors (Lipinski definition) is 6. The van der Waals surface area contributed by atoms with Crippen molar-refractivity contribution in [2.24, 2.45) is 5.84 Å². The number of amides is 1. The molecule has 0 aromatic heterocycles. The zero-order valence-electron chi connectivity index (χ0n) is 20.3. The normalized spacial score (nSPS) is 15.1. The van der Waals surface area contributed by atoms with E-state index in [-0.39, 0.29) is 22.0 Å². The molecular weight excluding hydrogens is 392 g/mol. The lowest BCUT2D eigenvalue weighted by atomic mass is 10.2. The number of carbonyl (C=O) groups excluding carboxylic acids is 2. The van der Waals surface area contributed by atoms with E-state index in [4.69, 9.17) is 14.7 Å². The van der Waals surface area contributed by atoms with Gasteiger partial charge < -0.3 is 13.6 Å². The highest BCUT2D eigenvalue weighted by Crippen LogP contribution is 2.38. The van der Waals surface area contributed by atoms with E-state index in [1.807, 2.05) is 0 Å². The Morgan fingerprint density at radius 1 is 0.821 bits per heavy atom. The molecule has 0 saturated heterocycles. The maximum absolute atomic E-state index is 11.2. The summed E-state index contributed by atoms with van der Waals surface area (Å²) in [6.45, 7) is 24.7. The van der Waals surface area contributed by atoms with Crippen molar-refractivity contribution in [3.63, 3.8) is 0 Å². The molecule has 0 spiro atoms. The fourth-order valence-corrected chi connectivity index (χ4v) is 4.30. The van der Waals surface area contributed by atoms with Crippen molar-refractivity contribution in [3.8, 4) is 0 Å². The molecule has 0 radical (unpaired) electrons. The highest BCUT2D eigenvalue weighted by Gasteiger charge is 2.40. The number of hydrogen-bond donors (Lipinski definition) is 2. The summed E-state index contributed by atoms with van der Waals surface area (Å²) < 4.78 is 16.2. The zero-order chi connectivity index (χ0) is 23.1. The maximum atomic E-state index is 11.2. The van der Waals surface area contributed by atoms with Crippen LogP contribution >= 0.6 is 0 Å². The SMILES string of the molecule is COC(=O)[C@@H](C)O[Si](C)(C)C(C)(C)C.C[C@@H](O[Si](C)(C)C(C)(C)C)C(=O)NN. The molecule has 0 saturated carbocycles. The molecule has 7 nitrogen and oxygen atoms in total. The van der Waals surface area contributed by atoms with Crippen molar-refractivity contribution in [3.05, 3.63) is 0 Å². The van der Waals surface area contributed by atoms with Crippen molar-refractivity contribution in [1.82, 2.24) is 5.43 Å². The summed E-state index contributed by atoms with van der Waals surface area (Å²) in [4.78, 5) is 22.4. The van der Waals surface area contributed by atoms with Crippen molar-refractivity contribution >= 4 is 28.5 Å². The van der Waals surface area contributed by atoms with Crippen LogP contribution in [0.25, 0.3) is 0 Å². The van der Waals surface area contributed by atoms with Crippen molar-refractivity contribution < 1.29 is 23.2 Å². The molecule has 0 unspecified atom stereocenters. The fourth-order valence-electron chi connectivity index (χ4n) is 1.62. The molecule has 1 amide bonds. The average Bonchev–Trinajstić information content (AvgIpc) is 2.50. The molecule has 168 valence electrons. The third-order valence-corrected chi connectivity index (χ3v) is 14.7. The van der Waals surface area contributed by atoms with Crippen molar-refractivity contribution in [2.75, 3.05) is 7.11 Å². The molecule has 0 heterocycles. The number of carbonyl (C=O) groups is 2. The lowest BCUT2D eigenvalue weighted by Crippen LogP contribution is -2.48. The number of ether oxygens (including phenoxy) is 1. The summed E-state index contributed by atoms with van der Waals surface area (Å²) in [6, 6.07) is 0. The van der Waals surface area contributed by atoms with Gasteiger partial charge in [0.1, 0.15) is 12.2 Å². The summed E-state index contributed by atoms with van der Waals surface area (Å²) in [7, 11) is -2.33. The van der Waals surface area contributed by atoms with Crippen LogP contribution in [0.15, 0.2) is 0 Å². The van der Waals surface area contributed by atoms with Gasteiger partial charge in [0.2, 0.25) is 0 Å². The lowest BCUT2D eigenvalue weighted by molar-refractivity contribution is -0.148. The van der Waals surface area contributed by atoms with Crippen LogP contribution in [-0.4, -0.2) is 47.8 Å². The second-order valence-electron chi connectivity index (χ2n) is 10.1. The van der Waals surface area contributed by atoms with Gasteiger partial charge in [0.15, 0.2) is 16.6 Å². The van der Waals surface area contributed by atoms with Crippen LogP contribution in [0, 0.1) is 0 Å². The molecule has 0 aliphatic carbocycles. The van der Waals surface area contributed by atoms with Gasteiger partial charge >= 0.3 is 5.97 Å². The van der Waals surface area contributed by atoms with Crippen LogP contribution in [-0.2, 0) is 23.2 Å². The number of nitrogens with two attached hydrogens (primary N) is 1. The van der Waals surface area contributed by atoms with Crippen LogP contribution in [0.4, 0.5) is 0 Å². The first kappa shape index (κ1) is 29.5. The Hall–Kier alpha value is -0.746. The van der Waals surface area contributed by atoms with Crippen LogP contribution < -0.4 is 11.3 Å². The minimum atomic E-state index is -1.86. The van der Waals surface area contributed by atoms with E-state index in [9.17, 15) is 9.59 Å². The molecule has 0 aliphatic heterocycles. The van der Waals surface area contributed by atoms with E-state index in [1.54, 1.807) is 13.8 Å². The first-order chi connectivity index (χ1) is 12.2. The van der Waals surface area contributed by atoms with Gasteiger partial charge in [-0.1, -0.05) is 41.5 Å². The topological polar surface area (TPSA) is 99.9 Å². The second-order valence-corrected chi connectivity index (χ2v) is 19.6. The van der Waals surface area contributed by atoms with Gasteiger partial charge in [-0.05, 0) is 50.1 Å². The molecule has 9 heteroatoms. The fraction of sp³-hybridized carbons (Fsp3) is 0.895. The largest absolute Gasteiger partial charge is 0.467 e. The molecule has 0 aromatic carbocycles. The average molecular weight is 437 g/mol. The lowest BCUT2D eigenvalue weighted by Gasteiger charge is -2.37. The number of esters is 1. The van der Waals surface area contributed by atoms with Crippen molar-refractivity contribution in [1.29, 1.82) is 0 Å². The first-order valence-electron chi connectivity index (χ1n) is 9.67. The number of nitrogens with one attached hydrogen (secondary N) is 1. The third-order valence-electron chi connectivity index (χ3n) is 5.60. The Morgan fingerprint density at radius 2 is 1.14 bits per heavy atom. The number of methoxy groups -OCH3 is 1. The quantitative estimate of drug-likeness (QED) is 0.215. The Balaban J connectivity index is 0. The summed E-state index contributed by atoms with van der Waals surface area (Å²) in [5, 5.41) is 0.228. The third kappa shape index (κ3) is 9.64. The van der Waals surface area contributed by atoms with Crippen LogP contribution in [0.5, 0.6) is 0 Å². The molecule has 3 N–H and O–H groups in total. The van der Waals surface area contributed by atoms with Crippen molar-refractivity contribution in [2.45, 2.75) is 104 Å². The molecule has 0 aromatic rings. The Morgan fingerprint density at radius 3 is 1.39 bits per heavy atom. The van der Waals surface area contributed by atoms with E-state index in [0.717, 1.165) is 0 Å². The standard InChI is InChI=1S/C10H22O3Si.C9H22N2O2Si/c1-8(9(11)12-5)13-14(6,7)10(2,3)4;1-7(8(12)11-10)13-14(5,6)9(2,3)4/h8H,1-7H3;7H,10H2,1-6H3,(H,11,12)/t8-;7-/m11/s1. The molecule has 28 heavy (non-hydrogen) atoms. The highest BCUT2D eigenvalue weighted by molar-refractivity contribution is 6.74. The zero-order valence-corrected chi connectivity index (χ0v) is 22.3. The van der Waals surface area contributed by atoms with Gasteiger partial charge in [-0.2, -0.15) is 0 Å². The maximum Gasteiger partial charge on any atom is 0.333 e. The summed E-state index contributed by atoms with van der Waals surface area (Å²) in [6.07, 6.45) is -0.929. The Kier molecular flexibility index (Phi) is 11.4. The van der Waals surface area contributed by atoms with Gasteiger partial charge in [0.25, 0.3) is 5.91 Å². The van der Waals surface area contributed by atoms with Gasteiger partial charge in [0, 0.05) is 0 Å². The predicted molar refractivity (Wildman–Crippen MR) is 120 cm³/mol. The molecule has 0 rings (SSSR count). The van der Waals surface area contributed by atoms with E-state index in [1.165, 1.54) is 7.11 Å². The molecule has 0 fully saturated rings. The highest BCUT2D eigenvalue weighted by atomic mass is 28.4. The first-order valence-corrected chi connectivity index (χ1v) is 15.5. The monoisotopic (exact) mass is 436 g/mol. The second kappa shape index (κ2) is 10.9. The van der Waals surface area contributed by atoms with Gasteiger partial charge in [-0.15, -0.1) is 0 Å². The number of hydrazine groups is 1. The predicted octanol–water partition coefficient (Wildman–Crippen LogP) is 3.96. The van der Waals surface area contributed by atoms with E-state index < -0.39 is 28.8 Å². The summed E-state index contributed by atoms with van der Waals surface area (Å²) in [5.41, 5.74) is 2.10. The van der Waals surface area contributed by atoms with E-state index in [2.05, 4.69) is 77.9 Å². The van der Waals surface area contributed by atoms with Gasteiger partial charge in [0.05, 0.1) is 7.11 Å². The van der Waals surface area contributed by atoms with Crippen LogP contribution in [0.2, 0.25) is 36.3 Å². The minimum absolute atomic E-state index is 0.107. The van der Waals surface area contributed by atoms with Crippen LogP contribution in [0.3, 0.4) is 0 Å². The molecule has 2 atom stereocenters. The van der Waals surface area contributed by atoms with E-state index in [0.29, 0.717) is 0 Å². The summed E-state index contributed by atoms with van der Waals surface area (Å²) >= 11 is 0. The Labute approximate surface area is 174 Å². The van der Waals surface area contributed by atoms with Gasteiger partial charge in [-0.25, -0.2) is 10.6 Å². The number of rotatable bonds is 6. The summed E-state index contributed by atoms with van der Waals surface area (Å²) in [5.74, 6) is 4.47. The Bertz CT molecular complexity index is 465. The van der Waals surface area contributed by atoms with Gasteiger partial charge in [-0.3, -0.25) is 10.2 Å². The molecule has 0 aliphatic rings. The molecular formula is C19H44N2O5Si2. The minimum Gasteiger partial charge on any atom is -0.467 e. The molecule has 0 bridgehead atoms. The van der Waals surface area contributed by atoms with Crippen LogP contribution in [0.1, 0.15) is 55.4 Å².